The zero-order chi connectivity index (χ0) is 28.9. The number of halogens is 2. The van der Waals surface area contributed by atoms with E-state index in [1.807, 2.05) is 20.2 Å². The van der Waals surface area contributed by atoms with Gasteiger partial charge in [0.05, 0.1) is 22.8 Å². The molecule has 41 heavy (non-hydrogen) atoms. The van der Waals surface area contributed by atoms with E-state index in [1.54, 1.807) is 36.4 Å². The van der Waals surface area contributed by atoms with Gasteiger partial charge in [-0.3, -0.25) is 9.59 Å². The monoisotopic (exact) mass is 594 g/mol. The lowest BCUT2D eigenvalue weighted by atomic mass is 9.91. The summed E-state index contributed by atoms with van der Waals surface area (Å²) in [6.07, 6.45) is 8.10. The molecule has 0 bridgehead atoms. The summed E-state index contributed by atoms with van der Waals surface area (Å²) in [4.78, 5) is 37.8. The quantitative estimate of drug-likeness (QED) is 0.293. The van der Waals surface area contributed by atoms with E-state index in [-0.39, 0.29) is 30.3 Å². The van der Waals surface area contributed by atoms with Crippen molar-refractivity contribution in [3.05, 3.63) is 74.9 Å². The number of aryl methyl sites for hydroxylation is 1. The summed E-state index contributed by atoms with van der Waals surface area (Å²) in [5.41, 5.74) is 4.01. The van der Waals surface area contributed by atoms with E-state index < -0.39 is 0 Å². The van der Waals surface area contributed by atoms with Gasteiger partial charge in [-0.15, -0.1) is 0 Å². The van der Waals surface area contributed by atoms with Gasteiger partial charge in [0.15, 0.2) is 0 Å². The van der Waals surface area contributed by atoms with E-state index in [0.29, 0.717) is 32.8 Å². The average Bonchev–Trinajstić information content (AvgIpc) is 2.95. The molecule has 1 aromatic heterocycles. The van der Waals surface area contributed by atoms with E-state index in [0.717, 1.165) is 44.3 Å². The molecule has 0 aliphatic heterocycles. The molecule has 2 amide bonds. The minimum absolute atomic E-state index is 0.0937. The van der Waals surface area contributed by atoms with E-state index in [1.165, 1.54) is 24.1 Å². The zero-order valence-corrected chi connectivity index (χ0v) is 25.0. The smallest absolute Gasteiger partial charge is 0.255 e. The van der Waals surface area contributed by atoms with Crippen LogP contribution in [0.1, 0.15) is 65.7 Å². The van der Waals surface area contributed by atoms with Crippen LogP contribution in [0.15, 0.2) is 42.5 Å². The minimum Gasteiger partial charge on any atom is -0.362 e. The number of nitrogens with zero attached hydrogens (tertiary/aromatic N) is 3. The van der Waals surface area contributed by atoms with Crippen LogP contribution < -0.4 is 20.9 Å². The molecule has 2 aliphatic carbocycles. The number of hydrogen-bond donors (Lipinski definition) is 3. The van der Waals surface area contributed by atoms with Crippen molar-refractivity contribution in [2.45, 2.75) is 69.9 Å². The van der Waals surface area contributed by atoms with Crippen molar-refractivity contribution in [1.82, 2.24) is 15.3 Å². The fourth-order valence-electron chi connectivity index (χ4n) is 5.70. The number of anilines is 3. The highest BCUT2D eigenvalue weighted by Gasteiger charge is 2.25. The first-order chi connectivity index (χ1) is 19.8. The second-order valence-electron chi connectivity index (χ2n) is 11.1. The number of rotatable bonds is 8. The topological polar surface area (TPSA) is 99.3 Å². The highest BCUT2D eigenvalue weighted by molar-refractivity contribution is 6.36. The van der Waals surface area contributed by atoms with Gasteiger partial charge in [0.2, 0.25) is 11.9 Å². The molecule has 1 saturated carbocycles. The Balaban J connectivity index is 1.15. The molecule has 1 heterocycles. The fraction of sp³-hybridized carbons (Fsp3) is 0.419. The van der Waals surface area contributed by atoms with Gasteiger partial charge < -0.3 is 20.9 Å². The Morgan fingerprint density at radius 1 is 0.951 bits per heavy atom. The zero-order valence-electron chi connectivity index (χ0n) is 23.5. The van der Waals surface area contributed by atoms with Crippen molar-refractivity contribution in [2.75, 3.05) is 29.6 Å². The molecule has 0 atom stereocenters. The number of fused-ring (bicyclic) bond motifs is 1. The van der Waals surface area contributed by atoms with Gasteiger partial charge in [-0.2, -0.15) is 4.98 Å². The van der Waals surface area contributed by atoms with Crippen LogP contribution in [0.5, 0.6) is 0 Å². The van der Waals surface area contributed by atoms with Crippen LogP contribution in [0, 0.1) is 0 Å². The minimum atomic E-state index is -0.328. The fourth-order valence-corrected chi connectivity index (χ4v) is 6.16. The largest absolute Gasteiger partial charge is 0.362 e. The maximum atomic E-state index is 13.0. The molecule has 5 rings (SSSR count). The van der Waals surface area contributed by atoms with E-state index in [9.17, 15) is 9.59 Å². The van der Waals surface area contributed by atoms with Crippen LogP contribution in [-0.4, -0.2) is 48.0 Å². The van der Waals surface area contributed by atoms with Gasteiger partial charge in [-0.25, -0.2) is 4.98 Å². The lowest BCUT2D eigenvalue weighted by Crippen LogP contribution is -2.41. The first-order valence-corrected chi connectivity index (χ1v) is 15.0. The molecule has 8 nitrogen and oxygen atoms in total. The van der Waals surface area contributed by atoms with Crippen molar-refractivity contribution in [3.63, 3.8) is 0 Å². The molecule has 0 unspecified atom stereocenters. The second-order valence-corrected chi connectivity index (χ2v) is 11.9. The third kappa shape index (κ3) is 7.29. The number of hydrogen-bond acceptors (Lipinski definition) is 6. The van der Waals surface area contributed by atoms with Gasteiger partial charge in [0.1, 0.15) is 5.82 Å². The van der Waals surface area contributed by atoms with Crippen LogP contribution in [0.3, 0.4) is 0 Å². The summed E-state index contributed by atoms with van der Waals surface area (Å²) in [6, 6.07) is 12.4. The van der Waals surface area contributed by atoms with E-state index in [4.69, 9.17) is 33.2 Å². The third-order valence-corrected chi connectivity index (χ3v) is 8.35. The Morgan fingerprint density at radius 2 is 1.68 bits per heavy atom. The van der Waals surface area contributed by atoms with Crippen LogP contribution in [0.4, 0.5) is 17.5 Å². The predicted octanol–water partition coefficient (Wildman–Crippen LogP) is 6.06. The molecule has 2 aliphatic rings. The Bertz CT molecular complexity index is 1420. The summed E-state index contributed by atoms with van der Waals surface area (Å²) >= 11 is 12.2. The SMILES string of the molecule is CN(C)c1nc(NC2CCC(NC(=O)Cc3ccccc3C(=O)Nc3ccc(Cl)cc3Cl)CC2)nc2c1CCCC2. The van der Waals surface area contributed by atoms with Crippen molar-refractivity contribution in [1.29, 1.82) is 0 Å². The number of carbonyl (C=O) groups excluding carboxylic acids is 2. The lowest BCUT2D eigenvalue weighted by molar-refractivity contribution is -0.121. The van der Waals surface area contributed by atoms with Crippen LogP contribution in [-0.2, 0) is 24.1 Å². The Morgan fingerprint density at radius 3 is 2.44 bits per heavy atom. The van der Waals surface area contributed by atoms with E-state index in [2.05, 4.69) is 20.9 Å². The highest BCUT2D eigenvalue weighted by atomic mass is 35.5. The molecule has 10 heteroatoms. The normalized spacial score (nSPS) is 18.2. The number of benzene rings is 2. The van der Waals surface area contributed by atoms with Crippen molar-refractivity contribution in [3.8, 4) is 0 Å². The summed E-state index contributed by atoms with van der Waals surface area (Å²) in [5.74, 6) is 1.30. The molecule has 3 aromatic rings. The number of aromatic nitrogens is 2. The van der Waals surface area contributed by atoms with Gasteiger partial charge >= 0.3 is 0 Å². The van der Waals surface area contributed by atoms with Crippen LogP contribution in [0.25, 0.3) is 0 Å². The summed E-state index contributed by atoms with van der Waals surface area (Å²) in [5, 5.41) is 10.4. The first-order valence-electron chi connectivity index (χ1n) is 14.2. The van der Waals surface area contributed by atoms with Gasteiger partial charge in [-0.1, -0.05) is 41.4 Å². The van der Waals surface area contributed by atoms with E-state index >= 15 is 0 Å². The Hall–Kier alpha value is -3.36. The van der Waals surface area contributed by atoms with Crippen LogP contribution in [0.2, 0.25) is 10.0 Å². The number of amides is 2. The third-order valence-electron chi connectivity index (χ3n) is 7.80. The molecular weight excluding hydrogens is 559 g/mol. The molecule has 216 valence electrons. The maximum absolute atomic E-state index is 13.0. The molecule has 1 fully saturated rings. The average molecular weight is 596 g/mol. The Labute approximate surface area is 251 Å². The van der Waals surface area contributed by atoms with Crippen molar-refractivity contribution in [2.24, 2.45) is 0 Å². The molecule has 0 radical (unpaired) electrons. The van der Waals surface area contributed by atoms with Crippen LogP contribution >= 0.6 is 23.2 Å². The van der Waals surface area contributed by atoms with Crippen molar-refractivity contribution >= 4 is 52.5 Å². The molecule has 0 saturated heterocycles. The van der Waals surface area contributed by atoms with Gasteiger partial charge in [-0.05, 0) is 81.2 Å². The summed E-state index contributed by atoms with van der Waals surface area (Å²) in [6.45, 7) is 0. The van der Waals surface area contributed by atoms with Gasteiger partial charge in [0, 0.05) is 42.3 Å². The Kier molecular flexibility index (Phi) is 9.30. The summed E-state index contributed by atoms with van der Waals surface area (Å²) < 4.78 is 0. The summed E-state index contributed by atoms with van der Waals surface area (Å²) in [7, 11) is 4.07. The van der Waals surface area contributed by atoms with Gasteiger partial charge in [0.25, 0.3) is 5.91 Å². The molecule has 3 N–H and O–H groups in total. The second kappa shape index (κ2) is 13.1. The molecular formula is C31H36Cl2N6O2. The maximum Gasteiger partial charge on any atom is 0.255 e. The van der Waals surface area contributed by atoms with Crippen molar-refractivity contribution < 1.29 is 9.59 Å². The predicted molar refractivity (Wildman–Crippen MR) is 165 cm³/mol. The number of nitrogens with one attached hydrogen (secondary N) is 3. The standard InChI is InChI=1S/C31H36Cl2N6O2/c1-39(2)29-24-9-5-6-10-26(24)37-31(38-29)35-22-14-12-21(13-15-22)34-28(40)17-19-7-3-4-8-23(19)30(41)36-27-16-11-20(32)18-25(27)33/h3-4,7-8,11,16,18,21-22H,5-6,9-10,12-15,17H2,1-2H3,(H,34,40)(H,36,41)(H,35,37,38). The molecule has 0 spiro atoms. The molecule has 2 aromatic carbocycles. The number of carbonyl (C=O) groups is 2. The highest BCUT2D eigenvalue weighted by Crippen LogP contribution is 2.30. The lowest BCUT2D eigenvalue weighted by Gasteiger charge is -2.30. The first kappa shape index (κ1) is 29.1.